The van der Waals surface area contributed by atoms with Crippen molar-refractivity contribution in [3.05, 3.63) is 108 Å². The van der Waals surface area contributed by atoms with Crippen LogP contribution in [0.15, 0.2) is 91.0 Å². The normalized spacial score (nSPS) is 12.4. The van der Waals surface area contributed by atoms with Gasteiger partial charge in [0.1, 0.15) is 6.61 Å². The first-order chi connectivity index (χ1) is 14.8. The molecule has 30 heavy (non-hydrogen) atoms. The van der Waals surface area contributed by atoms with E-state index in [1.54, 1.807) is 0 Å². The van der Waals surface area contributed by atoms with Crippen LogP contribution in [0.2, 0.25) is 0 Å². The van der Waals surface area contributed by atoms with Crippen LogP contribution in [-0.4, -0.2) is 12.7 Å². The fourth-order valence-corrected chi connectivity index (χ4v) is 4.29. The smallest absolute Gasteiger partial charge is 0.421 e. The maximum atomic E-state index is 12.3. The minimum absolute atomic E-state index is 0.0567. The molecule has 0 radical (unpaired) electrons. The average molecular weight is 394 g/mol. The molecule has 2 N–H and O–H groups in total. The lowest BCUT2D eigenvalue weighted by atomic mass is 9.98. The molecule has 0 saturated heterocycles. The van der Waals surface area contributed by atoms with Gasteiger partial charge in [-0.15, -0.1) is 0 Å². The number of rotatable bonds is 5. The number of benzene rings is 4. The van der Waals surface area contributed by atoms with E-state index in [0.29, 0.717) is 13.2 Å². The van der Waals surface area contributed by atoms with Crippen LogP contribution in [0.25, 0.3) is 21.9 Å². The Morgan fingerprint density at radius 2 is 1.40 bits per heavy atom. The fraction of sp³-hybridized carbons (Fsp3) is 0.115. The summed E-state index contributed by atoms with van der Waals surface area (Å²) in [7, 11) is 0. The van der Waals surface area contributed by atoms with Gasteiger partial charge in [0, 0.05) is 12.5 Å². The lowest BCUT2D eigenvalue weighted by Gasteiger charge is -2.15. The van der Waals surface area contributed by atoms with Crippen LogP contribution in [-0.2, 0) is 11.3 Å². The Kier molecular flexibility index (Phi) is 4.91. The number of carbonyl (C=O) groups is 1. The van der Waals surface area contributed by atoms with Crippen molar-refractivity contribution in [3.63, 3.8) is 0 Å². The highest BCUT2D eigenvalue weighted by Crippen LogP contribution is 2.44. The zero-order valence-electron chi connectivity index (χ0n) is 16.5. The molecule has 0 unspecified atom stereocenters. The third-order valence-corrected chi connectivity index (χ3v) is 5.69. The molecule has 0 saturated carbocycles. The predicted molar refractivity (Wildman–Crippen MR) is 119 cm³/mol. The Hall–Kier alpha value is -3.63. The highest BCUT2D eigenvalue weighted by atomic mass is 16.6. The van der Waals surface area contributed by atoms with Crippen LogP contribution in [0.1, 0.15) is 22.6 Å². The van der Waals surface area contributed by atoms with E-state index < -0.39 is 6.09 Å². The van der Waals surface area contributed by atoms with Crippen LogP contribution < -0.4 is 10.9 Å². The van der Waals surface area contributed by atoms with Gasteiger partial charge >= 0.3 is 6.09 Å². The summed E-state index contributed by atoms with van der Waals surface area (Å²) in [5.41, 5.74) is 11.6. The molecular formula is C26H22N2O2. The molecular weight excluding hydrogens is 372 g/mol. The van der Waals surface area contributed by atoms with Crippen molar-refractivity contribution in [2.45, 2.75) is 12.5 Å². The summed E-state index contributed by atoms with van der Waals surface area (Å²) in [5, 5.41) is 2.35. The summed E-state index contributed by atoms with van der Waals surface area (Å²) in [6, 6.07) is 31.0. The van der Waals surface area contributed by atoms with E-state index in [1.165, 1.54) is 33.0 Å². The van der Waals surface area contributed by atoms with Crippen LogP contribution in [0.4, 0.5) is 4.79 Å². The Morgan fingerprint density at radius 3 is 2.17 bits per heavy atom. The van der Waals surface area contributed by atoms with E-state index in [2.05, 4.69) is 59.4 Å². The molecule has 0 fully saturated rings. The van der Waals surface area contributed by atoms with Crippen LogP contribution >= 0.6 is 0 Å². The summed E-state index contributed by atoms with van der Waals surface area (Å²) >= 11 is 0. The predicted octanol–water partition coefficient (Wildman–Crippen LogP) is 5.38. The van der Waals surface area contributed by atoms with Crippen molar-refractivity contribution < 1.29 is 9.53 Å². The van der Waals surface area contributed by atoms with Crippen molar-refractivity contribution in [2.24, 2.45) is 0 Å². The third-order valence-electron chi connectivity index (χ3n) is 5.69. The molecule has 4 nitrogen and oxygen atoms in total. The van der Waals surface area contributed by atoms with E-state index in [0.717, 1.165) is 5.56 Å². The largest absolute Gasteiger partial charge is 0.448 e. The number of carbonyl (C=O) groups excluding carboxylic acids is 1. The minimum Gasteiger partial charge on any atom is -0.448 e. The number of hydrogen-bond acceptors (Lipinski definition) is 3. The van der Waals surface area contributed by atoms with Gasteiger partial charge in [-0.2, -0.15) is 0 Å². The zero-order valence-corrected chi connectivity index (χ0v) is 16.5. The number of hydrogen-bond donors (Lipinski definition) is 2. The molecule has 4 heteroatoms. The van der Waals surface area contributed by atoms with E-state index >= 15 is 0 Å². The molecule has 0 heterocycles. The first kappa shape index (κ1) is 18.4. The van der Waals surface area contributed by atoms with Gasteiger partial charge in [0.2, 0.25) is 0 Å². The molecule has 0 aliphatic heterocycles. The van der Waals surface area contributed by atoms with E-state index in [-0.39, 0.29) is 5.92 Å². The van der Waals surface area contributed by atoms with E-state index in [4.69, 9.17) is 4.74 Å². The molecule has 0 atom stereocenters. The van der Waals surface area contributed by atoms with Gasteiger partial charge < -0.3 is 4.74 Å². The fourth-order valence-electron chi connectivity index (χ4n) is 4.29. The standard InChI is InChI=1S/C26H22N2O2/c29-26(28-27-16-19-10-7-9-18-8-1-2-11-20(18)19)30-17-25-23-14-5-3-12-21(23)22-13-4-6-15-24(22)25/h1-15,25,27H,16-17H2,(H,28,29). The zero-order chi connectivity index (χ0) is 20.3. The topological polar surface area (TPSA) is 50.4 Å². The highest BCUT2D eigenvalue weighted by molar-refractivity contribution is 5.85. The van der Waals surface area contributed by atoms with Gasteiger partial charge in [-0.3, -0.25) is 5.43 Å². The number of fused-ring (bicyclic) bond motifs is 4. The molecule has 5 rings (SSSR count). The van der Waals surface area contributed by atoms with Gasteiger partial charge in [0.25, 0.3) is 0 Å². The Labute approximate surface area is 175 Å². The third kappa shape index (κ3) is 3.42. The number of nitrogens with one attached hydrogen (secondary N) is 2. The SMILES string of the molecule is O=C(NNCc1cccc2ccccc12)OCC1c2ccccc2-c2ccccc21. The monoisotopic (exact) mass is 394 g/mol. The molecule has 1 amide bonds. The summed E-state index contributed by atoms with van der Waals surface area (Å²) in [6.07, 6.45) is -0.475. The quantitative estimate of drug-likeness (QED) is 0.447. The summed E-state index contributed by atoms with van der Waals surface area (Å²) < 4.78 is 5.55. The molecule has 0 bridgehead atoms. The van der Waals surface area contributed by atoms with Crippen LogP contribution in [0.3, 0.4) is 0 Å². The van der Waals surface area contributed by atoms with Crippen molar-refractivity contribution in [1.29, 1.82) is 0 Å². The van der Waals surface area contributed by atoms with Gasteiger partial charge in [-0.1, -0.05) is 91.0 Å². The molecule has 1 aliphatic carbocycles. The van der Waals surface area contributed by atoms with Crippen LogP contribution in [0.5, 0.6) is 0 Å². The average Bonchev–Trinajstić information content (AvgIpc) is 3.12. The molecule has 1 aliphatic rings. The lowest BCUT2D eigenvalue weighted by molar-refractivity contribution is 0.138. The van der Waals surface area contributed by atoms with Crippen molar-refractivity contribution in [3.8, 4) is 11.1 Å². The summed E-state index contributed by atoms with van der Waals surface area (Å²) in [6.45, 7) is 0.821. The summed E-state index contributed by atoms with van der Waals surface area (Å²) in [4.78, 5) is 12.3. The second kappa shape index (κ2) is 8.01. The van der Waals surface area contributed by atoms with E-state index in [9.17, 15) is 4.79 Å². The van der Waals surface area contributed by atoms with Gasteiger partial charge in [0.05, 0.1) is 0 Å². The number of hydrazine groups is 1. The number of amides is 1. The minimum atomic E-state index is -0.475. The molecule has 0 aromatic heterocycles. The lowest BCUT2D eigenvalue weighted by Crippen LogP contribution is -2.37. The number of ether oxygens (including phenoxy) is 1. The first-order valence-corrected chi connectivity index (χ1v) is 10.1. The molecule has 4 aromatic rings. The van der Waals surface area contributed by atoms with Gasteiger partial charge in [0.15, 0.2) is 0 Å². The van der Waals surface area contributed by atoms with Crippen LogP contribution in [0, 0.1) is 0 Å². The second-order valence-corrected chi connectivity index (χ2v) is 7.44. The maximum Gasteiger partial charge on any atom is 0.421 e. The van der Waals surface area contributed by atoms with Crippen molar-refractivity contribution >= 4 is 16.9 Å². The van der Waals surface area contributed by atoms with Crippen molar-refractivity contribution in [2.75, 3.05) is 6.61 Å². The highest BCUT2D eigenvalue weighted by Gasteiger charge is 2.28. The molecule has 148 valence electrons. The Balaban J connectivity index is 1.21. The van der Waals surface area contributed by atoms with E-state index in [1.807, 2.05) is 42.5 Å². The Bertz CT molecular complexity index is 1170. The molecule has 0 spiro atoms. The first-order valence-electron chi connectivity index (χ1n) is 10.1. The van der Waals surface area contributed by atoms with Crippen molar-refractivity contribution in [1.82, 2.24) is 10.9 Å². The van der Waals surface area contributed by atoms with Gasteiger partial charge in [-0.05, 0) is 38.6 Å². The van der Waals surface area contributed by atoms with Gasteiger partial charge in [-0.25, -0.2) is 10.2 Å². The summed E-state index contributed by atoms with van der Waals surface area (Å²) in [5.74, 6) is 0.0567. The Morgan fingerprint density at radius 1 is 0.767 bits per heavy atom. The maximum absolute atomic E-state index is 12.3. The second-order valence-electron chi connectivity index (χ2n) is 7.44. The molecule has 4 aromatic carbocycles.